The van der Waals surface area contributed by atoms with Crippen LogP contribution in [0.15, 0.2) is 66.7 Å². The summed E-state index contributed by atoms with van der Waals surface area (Å²) in [5.41, 5.74) is 1.11. The quantitative estimate of drug-likeness (QED) is 0.185. The number of fused-ring (bicyclic) bond motifs is 2. The first-order valence-electron chi connectivity index (χ1n) is 7.24. The molecule has 0 aliphatic carbocycles. The van der Waals surface area contributed by atoms with E-state index in [2.05, 4.69) is 73.7 Å². The van der Waals surface area contributed by atoms with Crippen LogP contribution in [0.25, 0.3) is 43.1 Å². The van der Waals surface area contributed by atoms with Crippen LogP contribution >= 0.6 is 0 Å². The van der Waals surface area contributed by atoms with Crippen molar-refractivity contribution in [2.45, 2.75) is 0 Å². The van der Waals surface area contributed by atoms with Gasteiger partial charge in [-0.25, -0.2) is 0 Å². The average Bonchev–Trinajstić information content (AvgIpc) is 2.52. The van der Waals surface area contributed by atoms with Crippen LogP contribution in [0.3, 0.4) is 0 Å². The molecule has 0 nitrogen and oxygen atoms in total. The lowest BCUT2D eigenvalue weighted by atomic mass is 9.88. The van der Waals surface area contributed by atoms with Gasteiger partial charge in [0.2, 0.25) is 0 Å². The van der Waals surface area contributed by atoms with Crippen LogP contribution in [0.5, 0.6) is 0 Å². The molecule has 0 aromatic heterocycles. The maximum Gasteiger partial charge on any atom is 0.136 e. The monoisotopic (exact) mass is 265 g/mol. The van der Waals surface area contributed by atoms with Crippen molar-refractivity contribution in [3.8, 4) is 0 Å². The van der Waals surface area contributed by atoms with Gasteiger partial charge in [0.1, 0.15) is 10.9 Å². The highest BCUT2D eigenvalue weighted by molar-refractivity contribution is 6.29. The molecular formula is C21H13+. The molecule has 0 amide bonds. The van der Waals surface area contributed by atoms with E-state index in [1.807, 2.05) is 0 Å². The minimum Gasteiger partial charge on any atom is -0.0615 e. The lowest BCUT2D eigenvalue weighted by Gasteiger charge is -2.10. The second-order valence-corrected chi connectivity index (χ2v) is 5.75. The Bertz CT molecular complexity index is 1130. The molecule has 0 N–H and O–H groups in total. The molecule has 0 saturated heterocycles. The predicted molar refractivity (Wildman–Crippen MR) is 92.1 cm³/mol. The van der Waals surface area contributed by atoms with E-state index < -0.39 is 0 Å². The van der Waals surface area contributed by atoms with E-state index in [1.54, 1.807) is 0 Å². The predicted octanol–water partition coefficient (Wildman–Crippen LogP) is 5.92. The molecule has 0 spiro atoms. The van der Waals surface area contributed by atoms with Gasteiger partial charge in [-0.1, -0.05) is 42.5 Å². The highest BCUT2D eigenvalue weighted by Gasteiger charge is 2.18. The zero-order valence-electron chi connectivity index (χ0n) is 11.6. The van der Waals surface area contributed by atoms with Crippen LogP contribution in [0.4, 0.5) is 0 Å². The summed E-state index contributed by atoms with van der Waals surface area (Å²) >= 11 is 0. The SMILES string of the molecule is [CH2+]c1cc2cccc3ccc4cc5ccccc5c1c4c32. The Morgan fingerprint density at radius 1 is 0.524 bits per heavy atom. The van der Waals surface area contributed by atoms with Crippen LogP contribution < -0.4 is 0 Å². The molecule has 5 aromatic carbocycles. The number of hydrogen-bond donors (Lipinski definition) is 0. The van der Waals surface area contributed by atoms with Crippen LogP contribution in [0.2, 0.25) is 0 Å². The molecule has 0 aliphatic rings. The van der Waals surface area contributed by atoms with E-state index in [9.17, 15) is 0 Å². The number of rotatable bonds is 0. The Morgan fingerprint density at radius 3 is 2.19 bits per heavy atom. The van der Waals surface area contributed by atoms with Gasteiger partial charge in [-0.3, -0.25) is 0 Å². The van der Waals surface area contributed by atoms with Crippen molar-refractivity contribution >= 4 is 43.1 Å². The lowest BCUT2D eigenvalue weighted by molar-refractivity contribution is 1.73. The highest BCUT2D eigenvalue weighted by Crippen LogP contribution is 2.39. The van der Waals surface area contributed by atoms with Gasteiger partial charge in [0, 0.05) is 23.1 Å². The lowest BCUT2D eigenvalue weighted by Crippen LogP contribution is -1.88. The van der Waals surface area contributed by atoms with Gasteiger partial charge >= 0.3 is 0 Å². The molecule has 96 valence electrons. The van der Waals surface area contributed by atoms with E-state index in [0.29, 0.717) is 0 Å². The largest absolute Gasteiger partial charge is 0.136 e. The highest BCUT2D eigenvalue weighted by atomic mass is 14.2. The van der Waals surface area contributed by atoms with E-state index in [0.717, 1.165) is 5.56 Å². The maximum atomic E-state index is 4.32. The fraction of sp³-hybridized carbons (Fsp3) is 0. The second kappa shape index (κ2) is 3.67. The molecule has 0 radical (unpaired) electrons. The van der Waals surface area contributed by atoms with E-state index >= 15 is 0 Å². The molecule has 0 heterocycles. The molecule has 0 unspecified atom stereocenters. The van der Waals surface area contributed by atoms with Crippen molar-refractivity contribution in [1.82, 2.24) is 0 Å². The van der Waals surface area contributed by atoms with Crippen molar-refractivity contribution in [2.24, 2.45) is 0 Å². The van der Waals surface area contributed by atoms with Crippen molar-refractivity contribution in [2.75, 3.05) is 0 Å². The zero-order chi connectivity index (χ0) is 14.0. The van der Waals surface area contributed by atoms with Crippen LogP contribution in [-0.2, 0) is 0 Å². The maximum absolute atomic E-state index is 4.32. The molecule has 0 heteroatoms. The molecule has 5 rings (SSSR count). The molecule has 0 bridgehead atoms. The fourth-order valence-electron chi connectivity index (χ4n) is 3.68. The van der Waals surface area contributed by atoms with Crippen LogP contribution in [0.1, 0.15) is 5.56 Å². The van der Waals surface area contributed by atoms with Crippen molar-refractivity contribution < 1.29 is 0 Å². The third-order valence-electron chi connectivity index (χ3n) is 4.55. The summed E-state index contributed by atoms with van der Waals surface area (Å²) in [6.45, 7) is 4.32. The van der Waals surface area contributed by atoms with Gasteiger partial charge < -0.3 is 0 Å². The Labute approximate surface area is 123 Å². The standard InChI is InChI=1S/C21H13/c1-13-11-16-7-4-6-14-9-10-17-12-15-5-2-3-8-18(15)19(13)21(17)20(14)16/h2-12H,1H2/q+1. The number of hydrogen-bond acceptors (Lipinski definition) is 0. The molecule has 21 heavy (non-hydrogen) atoms. The van der Waals surface area contributed by atoms with Gasteiger partial charge in [0.05, 0.1) is 11.5 Å². The summed E-state index contributed by atoms with van der Waals surface area (Å²) in [6.07, 6.45) is 0. The van der Waals surface area contributed by atoms with E-state index in [-0.39, 0.29) is 0 Å². The summed E-state index contributed by atoms with van der Waals surface area (Å²) < 4.78 is 0. The second-order valence-electron chi connectivity index (χ2n) is 5.75. The smallest absolute Gasteiger partial charge is 0.0615 e. The van der Waals surface area contributed by atoms with E-state index in [4.69, 9.17) is 0 Å². The van der Waals surface area contributed by atoms with Crippen LogP contribution in [-0.4, -0.2) is 0 Å². The Morgan fingerprint density at radius 2 is 1.24 bits per heavy atom. The molecular weight excluding hydrogens is 252 g/mol. The van der Waals surface area contributed by atoms with Crippen LogP contribution in [0, 0.1) is 6.92 Å². The fourth-order valence-corrected chi connectivity index (χ4v) is 3.68. The third-order valence-corrected chi connectivity index (χ3v) is 4.55. The van der Waals surface area contributed by atoms with Gasteiger partial charge in [-0.05, 0) is 34.4 Å². The Hall–Kier alpha value is -2.73. The Kier molecular flexibility index (Phi) is 1.92. The summed E-state index contributed by atoms with van der Waals surface area (Å²) in [5.74, 6) is 0. The van der Waals surface area contributed by atoms with Gasteiger partial charge in [0.25, 0.3) is 0 Å². The average molecular weight is 265 g/mol. The molecule has 0 saturated carbocycles. The molecule has 5 aromatic rings. The number of benzene rings is 5. The Balaban J connectivity index is 2.26. The third kappa shape index (κ3) is 1.32. The summed E-state index contributed by atoms with van der Waals surface area (Å²) in [6, 6.07) is 24.1. The van der Waals surface area contributed by atoms with Crippen molar-refractivity contribution in [3.63, 3.8) is 0 Å². The van der Waals surface area contributed by atoms with Crippen molar-refractivity contribution in [3.05, 3.63) is 79.2 Å². The molecule has 0 aliphatic heterocycles. The van der Waals surface area contributed by atoms with E-state index in [1.165, 1.54) is 43.1 Å². The summed E-state index contributed by atoms with van der Waals surface area (Å²) in [5, 5.41) is 10.5. The first kappa shape index (κ1) is 11.0. The van der Waals surface area contributed by atoms with Gasteiger partial charge in [-0.2, -0.15) is 0 Å². The minimum atomic E-state index is 1.11. The normalized spacial score (nSPS) is 12.0. The van der Waals surface area contributed by atoms with Gasteiger partial charge in [0.15, 0.2) is 0 Å². The molecule has 0 atom stereocenters. The summed E-state index contributed by atoms with van der Waals surface area (Å²) in [7, 11) is 0. The topological polar surface area (TPSA) is 0 Å². The van der Waals surface area contributed by atoms with Crippen molar-refractivity contribution in [1.29, 1.82) is 0 Å². The summed E-state index contributed by atoms with van der Waals surface area (Å²) in [4.78, 5) is 0. The first-order chi connectivity index (χ1) is 10.3. The van der Waals surface area contributed by atoms with Gasteiger partial charge in [-0.15, -0.1) is 0 Å². The minimum absolute atomic E-state index is 1.11. The zero-order valence-corrected chi connectivity index (χ0v) is 11.6. The first-order valence-corrected chi connectivity index (χ1v) is 7.24. The molecule has 0 fully saturated rings.